The number of Topliss-reactive ketones (excluding diaryl/α,β-unsaturated/α-hetero) is 1. The lowest BCUT2D eigenvalue weighted by atomic mass is 10.0. The number of fused-ring (bicyclic) bond motifs is 1. The summed E-state index contributed by atoms with van der Waals surface area (Å²) in [5.74, 6) is -1.40. The number of nitro groups is 1. The lowest BCUT2D eigenvalue weighted by Crippen LogP contribution is -2.35. The number of rotatable bonds is 7. The second-order valence-electron chi connectivity index (χ2n) is 7.64. The SMILES string of the molecule is O=C(COC(=O)c1cccc(S(=O)(=O)N2CCCc3ccccc32)c1)c1ccc([N+](=O)[O-])cc1. The molecule has 0 unspecified atom stereocenters. The van der Waals surface area contributed by atoms with E-state index in [4.69, 9.17) is 4.74 Å². The first-order chi connectivity index (χ1) is 16.3. The average molecular weight is 480 g/mol. The van der Waals surface area contributed by atoms with Gasteiger partial charge in [0, 0.05) is 24.2 Å². The van der Waals surface area contributed by atoms with Gasteiger partial charge in [-0.05, 0) is 54.8 Å². The van der Waals surface area contributed by atoms with Gasteiger partial charge in [-0.1, -0.05) is 24.3 Å². The summed E-state index contributed by atoms with van der Waals surface area (Å²) < 4.78 is 33.0. The van der Waals surface area contributed by atoms with Crippen LogP contribution in [0.5, 0.6) is 0 Å². The van der Waals surface area contributed by atoms with Crippen LogP contribution in [0.15, 0.2) is 77.7 Å². The zero-order valence-corrected chi connectivity index (χ0v) is 18.7. The number of para-hydroxylation sites is 1. The van der Waals surface area contributed by atoms with Crippen LogP contribution in [0, 0.1) is 10.1 Å². The Bertz CT molecular complexity index is 1370. The molecule has 34 heavy (non-hydrogen) atoms. The number of ether oxygens (including phenoxy) is 1. The molecule has 4 rings (SSSR count). The predicted molar refractivity (Wildman–Crippen MR) is 123 cm³/mol. The Morgan fingerprint density at radius 3 is 2.44 bits per heavy atom. The Morgan fingerprint density at radius 1 is 0.971 bits per heavy atom. The Morgan fingerprint density at radius 2 is 1.71 bits per heavy atom. The van der Waals surface area contributed by atoms with E-state index in [2.05, 4.69) is 0 Å². The second-order valence-corrected chi connectivity index (χ2v) is 9.50. The second kappa shape index (κ2) is 9.44. The smallest absolute Gasteiger partial charge is 0.338 e. The van der Waals surface area contributed by atoms with E-state index in [0.717, 1.165) is 12.0 Å². The van der Waals surface area contributed by atoms with Gasteiger partial charge in [0.2, 0.25) is 0 Å². The van der Waals surface area contributed by atoms with Crippen molar-refractivity contribution in [2.75, 3.05) is 17.5 Å². The summed E-state index contributed by atoms with van der Waals surface area (Å²) in [6.45, 7) is -0.259. The van der Waals surface area contributed by atoms with Crippen molar-refractivity contribution in [1.29, 1.82) is 0 Å². The number of sulfonamides is 1. The Balaban J connectivity index is 1.48. The molecule has 0 fully saturated rings. The van der Waals surface area contributed by atoms with Crippen LogP contribution in [0.1, 0.15) is 32.7 Å². The monoisotopic (exact) mass is 480 g/mol. The predicted octanol–water partition coefficient (Wildman–Crippen LogP) is 3.78. The molecule has 0 radical (unpaired) electrons. The summed E-state index contributed by atoms with van der Waals surface area (Å²) in [4.78, 5) is 34.8. The normalized spacial score (nSPS) is 13.1. The van der Waals surface area contributed by atoms with Gasteiger partial charge in [0.15, 0.2) is 12.4 Å². The van der Waals surface area contributed by atoms with E-state index in [1.807, 2.05) is 12.1 Å². The zero-order valence-electron chi connectivity index (χ0n) is 17.9. The molecule has 0 amide bonds. The Labute approximate surface area is 195 Å². The molecule has 1 aliphatic heterocycles. The number of non-ortho nitro benzene ring substituents is 1. The number of carbonyl (C=O) groups is 2. The van der Waals surface area contributed by atoms with Crippen molar-refractivity contribution < 1.29 is 27.7 Å². The van der Waals surface area contributed by atoms with Crippen LogP contribution < -0.4 is 4.31 Å². The molecule has 0 saturated carbocycles. The highest BCUT2D eigenvalue weighted by molar-refractivity contribution is 7.92. The van der Waals surface area contributed by atoms with E-state index in [9.17, 15) is 28.1 Å². The van der Waals surface area contributed by atoms with E-state index in [1.165, 1.54) is 52.8 Å². The molecule has 0 spiro atoms. The molecule has 0 saturated heterocycles. The highest BCUT2D eigenvalue weighted by atomic mass is 32.2. The number of nitrogens with zero attached hydrogens (tertiary/aromatic N) is 2. The van der Waals surface area contributed by atoms with Gasteiger partial charge >= 0.3 is 5.97 Å². The number of nitro benzene ring substituents is 1. The van der Waals surface area contributed by atoms with E-state index in [1.54, 1.807) is 12.1 Å². The fourth-order valence-electron chi connectivity index (χ4n) is 3.73. The fraction of sp³-hybridized carbons (Fsp3) is 0.167. The van der Waals surface area contributed by atoms with Gasteiger partial charge < -0.3 is 4.74 Å². The third kappa shape index (κ3) is 4.67. The highest BCUT2D eigenvalue weighted by Crippen LogP contribution is 2.32. The molecule has 0 aliphatic carbocycles. The highest BCUT2D eigenvalue weighted by Gasteiger charge is 2.29. The summed E-state index contributed by atoms with van der Waals surface area (Å²) in [6.07, 6.45) is 1.47. The van der Waals surface area contributed by atoms with Gasteiger partial charge in [0.05, 0.1) is 21.1 Å². The summed E-state index contributed by atoms with van der Waals surface area (Å²) in [6, 6.07) is 17.7. The van der Waals surface area contributed by atoms with E-state index >= 15 is 0 Å². The van der Waals surface area contributed by atoms with Crippen LogP contribution in [0.25, 0.3) is 0 Å². The third-order valence-electron chi connectivity index (χ3n) is 5.46. The molecule has 0 aromatic heterocycles. The average Bonchev–Trinajstić information content (AvgIpc) is 2.86. The minimum Gasteiger partial charge on any atom is -0.454 e. The van der Waals surface area contributed by atoms with Gasteiger partial charge in [-0.15, -0.1) is 0 Å². The van der Waals surface area contributed by atoms with Crippen molar-refractivity contribution in [3.63, 3.8) is 0 Å². The summed E-state index contributed by atoms with van der Waals surface area (Å²) in [5, 5.41) is 10.7. The molecule has 0 atom stereocenters. The van der Waals surface area contributed by atoms with Crippen LogP contribution in [0.4, 0.5) is 11.4 Å². The quantitative estimate of drug-likeness (QED) is 0.218. The standard InChI is InChI=1S/C24H20N2O7S/c27-23(18-10-12-20(13-11-18)26(29)30)16-33-24(28)19-6-3-8-21(15-19)34(31,32)25-14-4-7-17-5-1-2-9-22(17)25/h1-3,5-6,8-13,15H,4,7,14,16H2. The number of benzene rings is 3. The maximum Gasteiger partial charge on any atom is 0.338 e. The summed E-state index contributed by atoms with van der Waals surface area (Å²) in [5.41, 5.74) is 1.54. The van der Waals surface area contributed by atoms with Gasteiger partial charge in [0.1, 0.15) is 0 Å². The largest absolute Gasteiger partial charge is 0.454 e. The number of carbonyl (C=O) groups excluding carboxylic acids is 2. The first-order valence-corrected chi connectivity index (χ1v) is 11.9. The molecule has 3 aromatic carbocycles. The number of ketones is 1. The molecule has 9 nitrogen and oxygen atoms in total. The minimum atomic E-state index is -3.91. The molecule has 3 aromatic rings. The molecular weight excluding hydrogens is 460 g/mol. The number of hydrogen-bond acceptors (Lipinski definition) is 7. The molecule has 0 N–H and O–H groups in total. The van der Waals surface area contributed by atoms with Crippen LogP contribution >= 0.6 is 0 Å². The van der Waals surface area contributed by atoms with Crippen LogP contribution in [-0.2, 0) is 21.2 Å². The molecule has 0 bridgehead atoms. The molecule has 1 aliphatic rings. The number of aryl methyl sites for hydroxylation is 1. The van der Waals surface area contributed by atoms with Crippen LogP contribution in [-0.4, -0.2) is 38.2 Å². The maximum absolute atomic E-state index is 13.3. The lowest BCUT2D eigenvalue weighted by Gasteiger charge is -2.30. The first-order valence-electron chi connectivity index (χ1n) is 10.4. The molecule has 174 valence electrons. The maximum atomic E-state index is 13.3. The van der Waals surface area contributed by atoms with Crippen molar-refractivity contribution in [1.82, 2.24) is 0 Å². The van der Waals surface area contributed by atoms with Crippen LogP contribution in [0.3, 0.4) is 0 Å². The number of esters is 1. The van der Waals surface area contributed by atoms with Crippen molar-refractivity contribution in [3.8, 4) is 0 Å². The Hall–Kier alpha value is -4.05. The minimum absolute atomic E-state index is 0.0112. The van der Waals surface area contributed by atoms with E-state index < -0.39 is 33.3 Å². The Kier molecular flexibility index (Phi) is 6.42. The number of hydrogen-bond donors (Lipinski definition) is 0. The fourth-order valence-corrected chi connectivity index (χ4v) is 5.31. The van der Waals surface area contributed by atoms with Crippen molar-refractivity contribution in [2.24, 2.45) is 0 Å². The van der Waals surface area contributed by atoms with Gasteiger partial charge in [-0.25, -0.2) is 13.2 Å². The summed E-state index contributed by atoms with van der Waals surface area (Å²) in [7, 11) is -3.91. The third-order valence-corrected chi connectivity index (χ3v) is 7.27. The van der Waals surface area contributed by atoms with Gasteiger partial charge in [-0.2, -0.15) is 0 Å². The molecular formula is C24H20N2O7S. The van der Waals surface area contributed by atoms with Gasteiger partial charge in [-0.3, -0.25) is 19.2 Å². The van der Waals surface area contributed by atoms with Crippen molar-refractivity contribution in [3.05, 3.63) is 99.6 Å². The molecule has 10 heteroatoms. The van der Waals surface area contributed by atoms with Crippen LogP contribution in [0.2, 0.25) is 0 Å². The van der Waals surface area contributed by atoms with Crippen molar-refractivity contribution >= 4 is 33.2 Å². The number of anilines is 1. The van der Waals surface area contributed by atoms with E-state index in [-0.39, 0.29) is 21.7 Å². The van der Waals surface area contributed by atoms with Gasteiger partial charge in [0.25, 0.3) is 15.7 Å². The first kappa shape index (κ1) is 23.1. The lowest BCUT2D eigenvalue weighted by molar-refractivity contribution is -0.384. The zero-order chi connectivity index (χ0) is 24.3. The molecule has 1 heterocycles. The topological polar surface area (TPSA) is 124 Å². The van der Waals surface area contributed by atoms with E-state index in [0.29, 0.717) is 18.7 Å². The van der Waals surface area contributed by atoms with Crippen molar-refractivity contribution in [2.45, 2.75) is 17.7 Å². The summed E-state index contributed by atoms with van der Waals surface area (Å²) >= 11 is 0.